The van der Waals surface area contributed by atoms with E-state index in [4.69, 9.17) is 11.6 Å². The molecule has 0 spiro atoms. The number of nitrogens with zero attached hydrogens (tertiary/aromatic N) is 1. The molecule has 0 aromatic rings. The number of halogens is 1. The van der Waals surface area contributed by atoms with Crippen molar-refractivity contribution in [1.29, 1.82) is 0 Å². The fraction of sp³-hybridized carbons (Fsp3) is 1.00. The number of rotatable bonds is 2. The van der Waals surface area contributed by atoms with E-state index in [0.717, 1.165) is 5.92 Å². The van der Waals surface area contributed by atoms with Crippen LogP contribution in [0, 0.1) is 5.92 Å². The second-order valence-corrected chi connectivity index (χ2v) is 4.83. The molecule has 0 aromatic carbocycles. The van der Waals surface area contributed by atoms with Gasteiger partial charge in [0, 0.05) is 11.4 Å². The summed E-state index contributed by atoms with van der Waals surface area (Å²) in [6, 6.07) is 0.705. The zero-order valence-electron chi connectivity index (χ0n) is 8.39. The number of hydrogen-bond acceptors (Lipinski definition) is 1. The maximum atomic E-state index is 6.07. The van der Waals surface area contributed by atoms with Gasteiger partial charge in [-0.25, -0.2) is 0 Å². The lowest BCUT2D eigenvalue weighted by Crippen LogP contribution is -2.39. The van der Waals surface area contributed by atoms with Crippen molar-refractivity contribution >= 4 is 11.6 Å². The van der Waals surface area contributed by atoms with Crippen molar-refractivity contribution in [2.24, 2.45) is 5.92 Å². The van der Waals surface area contributed by atoms with Crippen LogP contribution in [0.5, 0.6) is 0 Å². The minimum absolute atomic E-state index is 0.360. The Hall–Kier alpha value is 0.250. The topological polar surface area (TPSA) is 3.24 Å². The average molecular weight is 190 g/mol. The molecule has 1 rings (SSSR count). The summed E-state index contributed by atoms with van der Waals surface area (Å²) in [5.74, 6) is 0.752. The molecule has 0 amide bonds. The van der Waals surface area contributed by atoms with Crippen molar-refractivity contribution in [3.8, 4) is 0 Å². The molecule has 1 atom stereocenters. The van der Waals surface area contributed by atoms with Crippen LogP contribution in [-0.2, 0) is 0 Å². The largest absolute Gasteiger partial charge is 0.301 e. The van der Waals surface area contributed by atoms with Crippen molar-refractivity contribution in [2.75, 3.05) is 13.1 Å². The van der Waals surface area contributed by atoms with E-state index in [0.29, 0.717) is 11.4 Å². The Labute approximate surface area is 81.1 Å². The van der Waals surface area contributed by atoms with Gasteiger partial charge in [-0.05, 0) is 52.6 Å². The van der Waals surface area contributed by atoms with E-state index in [1.807, 2.05) is 0 Å². The van der Waals surface area contributed by atoms with Crippen LogP contribution in [0.25, 0.3) is 0 Å². The second-order valence-electron chi connectivity index (χ2n) is 4.14. The Morgan fingerprint density at radius 2 is 1.67 bits per heavy atom. The minimum atomic E-state index is 0.360. The van der Waals surface area contributed by atoms with Crippen LogP contribution in [0.4, 0.5) is 0 Å². The Morgan fingerprint density at radius 1 is 1.17 bits per heavy atom. The van der Waals surface area contributed by atoms with Gasteiger partial charge in [-0.3, -0.25) is 0 Å². The van der Waals surface area contributed by atoms with Crippen molar-refractivity contribution in [3.63, 3.8) is 0 Å². The van der Waals surface area contributed by atoms with E-state index >= 15 is 0 Å². The summed E-state index contributed by atoms with van der Waals surface area (Å²) in [6.07, 6.45) is 2.56. The molecule has 2 heteroatoms. The van der Waals surface area contributed by atoms with Crippen LogP contribution in [0.15, 0.2) is 0 Å². The maximum Gasteiger partial charge on any atom is 0.0337 e. The predicted molar refractivity (Wildman–Crippen MR) is 54.7 cm³/mol. The van der Waals surface area contributed by atoms with Gasteiger partial charge in [0.25, 0.3) is 0 Å². The number of piperidine rings is 1. The molecule has 1 aliphatic rings. The van der Waals surface area contributed by atoms with E-state index < -0.39 is 0 Å². The first-order valence-corrected chi connectivity index (χ1v) is 5.43. The molecule has 1 aliphatic heterocycles. The highest BCUT2D eigenvalue weighted by atomic mass is 35.5. The summed E-state index contributed by atoms with van der Waals surface area (Å²) in [5.41, 5.74) is 0. The highest BCUT2D eigenvalue weighted by molar-refractivity contribution is 6.20. The van der Waals surface area contributed by atoms with Gasteiger partial charge < -0.3 is 4.90 Å². The molecule has 1 heterocycles. The third-order valence-corrected chi connectivity index (χ3v) is 3.31. The molecule has 1 unspecified atom stereocenters. The van der Waals surface area contributed by atoms with Crippen molar-refractivity contribution in [1.82, 2.24) is 4.90 Å². The molecule has 1 fully saturated rings. The minimum Gasteiger partial charge on any atom is -0.301 e. The molecule has 72 valence electrons. The van der Waals surface area contributed by atoms with Crippen LogP contribution in [0.2, 0.25) is 0 Å². The van der Waals surface area contributed by atoms with Gasteiger partial charge in [-0.1, -0.05) is 0 Å². The Balaban J connectivity index is 2.30. The van der Waals surface area contributed by atoms with Crippen molar-refractivity contribution in [2.45, 2.75) is 45.0 Å². The molecule has 1 saturated heterocycles. The van der Waals surface area contributed by atoms with E-state index in [-0.39, 0.29) is 0 Å². The van der Waals surface area contributed by atoms with Gasteiger partial charge >= 0.3 is 0 Å². The summed E-state index contributed by atoms with van der Waals surface area (Å²) >= 11 is 6.07. The first-order valence-electron chi connectivity index (χ1n) is 4.99. The lowest BCUT2D eigenvalue weighted by molar-refractivity contribution is 0.149. The summed E-state index contributed by atoms with van der Waals surface area (Å²) in [7, 11) is 0. The zero-order chi connectivity index (χ0) is 9.14. The van der Waals surface area contributed by atoms with Crippen LogP contribution < -0.4 is 0 Å². The smallest absolute Gasteiger partial charge is 0.0337 e. The first kappa shape index (κ1) is 10.3. The van der Waals surface area contributed by atoms with E-state index in [1.165, 1.54) is 25.9 Å². The zero-order valence-corrected chi connectivity index (χ0v) is 9.14. The predicted octanol–water partition coefficient (Wildman–Crippen LogP) is 2.73. The third kappa shape index (κ3) is 2.63. The van der Waals surface area contributed by atoms with Gasteiger partial charge in [0.2, 0.25) is 0 Å². The summed E-state index contributed by atoms with van der Waals surface area (Å²) in [5, 5.41) is 0.360. The van der Waals surface area contributed by atoms with Crippen LogP contribution in [0.1, 0.15) is 33.6 Å². The number of hydrogen-bond donors (Lipinski definition) is 0. The highest BCUT2D eigenvalue weighted by Crippen LogP contribution is 2.24. The standard InChI is InChI=1S/C10H20ClN/c1-8(2)12-6-4-10(5-7-12)9(3)11/h8-10H,4-7H2,1-3H3. The second kappa shape index (κ2) is 4.48. The molecule has 0 N–H and O–H groups in total. The fourth-order valence-electron chi connectivity index (χ4n) is 1.90. The number of alkyl halides is 1. The SMILES string of the molecule is CC(Cl)C1CCN(C(C)C)CC1. The molecular weight excluding hydrogens is 170 g/mol. The molecule has 0 aromatic heterocycles. The van der Waals surface area contributed by atoms with Gasteiger partial charge in [-0.15, -0.1) is 11.6 Å². The quantitative estimate of drug-likeness (QED) is 0.604. The van der Waals surface area contributed by atoms with E-state index in [9.17, 15) is 0 Å². The fourth-order valence-corrected chi connectivity index (χ4v) is 2.15. The Kier molecular flexibility index (Phi) is 3.85. The summed E-state index contributed by atoms with van der Waals surface area (Å²) < 4.78 is 0. The highest BCUT2D eigenvalue weighted by Gasteiger charge is 2.23. The third-order valence-electron chi connectivity index (χ3n) is 2.95. The van der Waals surface area contributed by atoms with Crippen LogP contribution in [-0.4, -0.2) is 29.4 Å². The van der Waals surface area contributed by atoms with Gasteiger partial charge in [0.05, 0.1) is 0 Å². The Morgan fingerprint density at radius 3 is 2.00 bits per heavy atom. The normalized spacial score (nSPS) is 24.8. The van der Waals surface area contributed by atoms with E-state index in [2.05, 4.69) is 25.7 Å². The maximum absolute atomic E-state index is 6.07. The molecule has 0 aliphatic carbocycles. The van der Waals surface area contributed by atoms with Gasteiger partial charge in [0.15, 0.2) is 0 Å². The lowest BCUT2D eigenvalue weighted by atomic mass is 9.93. The van der Waals surface area contributed by atoms with Gasteiger partial charge in [-0.2, -0.15) is 0 Å². The first-order chi connectivity index (χ1) is 5.61. The molecule has 12 heavy (non-hydrogen) atoms. The monoisotopic (exact) mass is 189 g/mol. The number of likely N-dealkylation sites (tertiary alicyclic amines) is 1. The Bertz CT molecular complexity index is 110. The van der Waals surface area contributed by atoms with Gasteiger partial charge in [0.1, 0.15) is 0 Å². The summed E-state index contributed by atoms with van der Waals surface area (Å²) in [6.45, 7) is 9.13. The van der Waals surface area contributed by atoms with Crippen LogP contribution >= 0.6 is 11.6 Å². The van der Waals surface area contributed by atoms with Crippen molar-refractivity contribution < 1.29 is 0 Å². The molecule has 0 saturated carbocycles. The molecular formula is C10H20ClN. The van der Waals surface area contributed by atoms with Crippen molar-refractivity contribution in [3.05, 3.63) is 0 Å². The molecule has 0 radical (unpaired) electrons. The molecule has 1 nitrogen and oxygen atoms in total. The van der Waals surface area contributed by atoms with Crippen LogP contribution in [0.3, 0.4) is 0 Å². The molecule has 0 bridgehead atoms. The van der Waals surface area contributed by atoms with E-state index in [1.54, 1.807) is 0 Å². The summed E-state index contributed by atoms with van der Waals surface area (Å²) in [4.78, 5) is 2.54. The lowest BCUT2D eigenvalue weighted by Gasteiger charge is -2.35. The average Bonchev–Trinajstić information content (AvgIpc) is 2.04.